The van der Waals surface area contributed by atoms with E-state index in [1.165, 1.54) is 11.8 Å². The van der Waals surface area contributed by atoms with Gasteiger partial charge in [0.15, 0.2) is 5.17 Å². The van der Waals surface area contributed by atoms with Crippen molar-refractivity contribution in [3.63, 3.8) is 0 Å². The van der Waals surface area contributed by atoms with E-state index in [9.17, 15) is 4.79 Å². The van der Waals surface area contributed by atoms with Crippen molar-refractivity contribution >= 4 is 22.8 Å². The largest absolute Gasteiger partial charge is 0.497 e. The van der Waals surface area contributed by atoms with Gasteiger partial charge in [-0.1, -0.05) is 23.9 Å². The Hall–Kier alpha value is -1.79. The molecule has 5 nitrogen and oxygen atoms in total. The van der Waals surface area contributed by atoms with E-state index in [0.29, 0.717) is 12.5 Å². The van der Waals surface area contributed by atoms with Crippen LogP contribution in [0.4, 0.5) is 0 Å². The molecule has 1 aliphatic carbocycles. The minimum atomic E-state index is -0.221. The molecule has 1 aromatic rings. The average Bonchev–Trinajstić information content (AvgIpc) is 3.33. The number of methoxy groups -OCH3 is 1. The van der Waals surface area contributed by atoms with Gasteiger partial charge in [-0.15, -0.1) is 0 Å². The first-order chi connectivity index (χ1) is 11.2. The van der Waals surface area contributed by atoms with Crippen molar-refractivity contribution in [2.45, 2.75) is 38.3 Å². The highest BCUT2D eigenvalue weighted by molar-refractivity contribution is 8.16. The summed E-state index contributed by atoms with van der Waals surface area (Å²) in [6, 6.07) is 8.16. The van der Waals surface area contributed by atoms with Gasteiger partial charge in [-0.2, -0.15) is 10.0 Å². The molecule has 0 saturated heterocycles. The van der Waals surface area contributed by atoms with E-state index in [1.807, 2.05) is 24.3 Å². The number of hydrogen-bond acceptors (Lipinski definition) is 5. The molecule has 1 atom stereocenters. The van der Waals surface area contributed by atoms with Crippen LogP contribution in [0.25, 0.3) is 0 Å². The van der Waals surface area contributed by atoms with Gasteiger partial charge >= 0.3 is 0 Å². The standard InChI is InChI=1S/C17H19N3O2S/c1-11-10-23-17-18-16(21)15(20(19(11)17)13-5-6-13)9-12-3-7-14(22-2)8-4-12/h3-4,7-8,10,13,15H,5-6,9H2,1-2H3. The molecule has 6 heteroatoms. The summed E-state index contributed by atoms with van der Waals surface area (Å²) in [6.45, 7) is 2.07. The van der Waals surface area contributed by atoms with Crippen molar-refractivity contribution in [3.05, 3.63) is 40.9 Å². The number of fused-ring (bicyclic) bond motifs is 1. The van der Waals surface area contributed by atoms with Gasteiger partial charge in [0.25, 0.3) is 5.91 Å². The lowest BCUT2D eigenvalue weighted by molar-refractivity contribution is -0.130. The highest BCUT2D eigenvalue weighted by Crippen LogP contribution is 2.40. The number of carbonyl (C=O) groups is 1. The number of rotatable bonds is 4. The fourth-order valence-electron chi connectivity index (χ4n) is 3.09. The molecule has 120 valence electrons. The molecule has 0 aromatic heterocycles. The number of hydrogen-bond donors (Lipinski definition) is 0. The van der Waals surface area contributed by atoms with E-state index >= 15 is 0 Å². The number of hydrazine groups is 1. The Balaban J connectivity index is 1.63. The number of carbonyl (C=O) groups excluding carboxylic acids is 1. The second-order valence-electron chi connectivity index (χ2n) is 6.10. The summed E-state index contributed by atoms with van der Waals surface area (Å²) in [6.07, 6.45) is 2.97. The molecule has 1 amide bonds. The first-order valence-electron chi connectivity index (χ1n) is 7.84. The van der Waals surface area contributed by atoms with Crippen LogP contribution in [-0.4, -0.2) is 40.3 Å². The van der Waals surface area contributed by atoms with E-state index < -0.39 is 0 Å². The monoisotopic (exact) mass is 329 g/mol. The summed E-state index contributed by atoms with van der Waals surface area (Å²) in [7, 11) is 1.66. The van der Waals surface area contributed by atoms with Crippen LogP contribution in [0.15, 0.2) is 40.4 Å². The van der Waals surface area contributed by atoms with E-state index in [2.05, 4.69) is 27.3 Å². The molecule has 1 fully saturated rings. The molecule has 0 bridgehead atoms. The Kier molecular flexibility index (Phi) is 3.66. The molecule has 1 aromatic carbocycles. The molecule has 2 heterocycles. The molecular weight excluding hydrogens is 310 g/mol. The Morgan fingerprint density at radius 2 is 2.04 bits per heavy atom. The van der Waals surface area contributed by atoms with Gasteiger partial charge in [-0.05, 0) is 49.3 Å². The third kappa shape index (κ3) is 2.66. The van der Waals surface area contributed by atoms with E-state index in [-0.39, 0.29) is 11.9 Å². The van der Waals surface area contributed by atoms with Crippen LogP contribution in [0.1, 0.15) is 25.3 Å². The highest BCUT2D eigenvalue weighted by Gasteiger charge is 2.46. The van der Waals surface area contributed by atoms with E-state index in [0.717, 1.165) is 35.0 Å². The normalized spacial score (nSPS) is 24.3. The first-order valence-corrected chi connectivity index (χ1v) is 8.72. The van der Waals surface area contributed by atoms with Crippen molar-refractivity contribution in [1.82, 2.24) is 10.0 Å². The predicted octanol–water partition coefficient (Wildman–Crippen LogP) is 2.79. The van der Waals surface area contributed by atoms with Crippen molar-refractivity contribution < 1.29 is 9.53 Å². The summed E-state index contributed by atoms with van der Waals surface area (Å²) < 4.78 is 5.20. The van der Waals surface area contributed by atoms with E-state index in [4.69, 9.17) is 4.74 Å². The second-order valence-corrected chi connectivity index (χ2v) is 6.94. The summed E-state index contributed by atoms with van der Waals surface area (Å²) in [4.78, 5) is 16.9. The van der Waals surface area contributed by atoms with Crippen molar-refractivity contribution in [2.24, 2.45) is 4.99 Å². The van der Waals surface area contributed by atoms with Gasteiger partial charge < -0.3 is 4.74 Å². The predicted molar refractivity (Wildman–Crippen MR) is 91.0 cm³/mol. The van der Waals surface area contributed by atoms with Crippen LogP contribution >= 0.6 is 11.8 Å². The number of allylic oxidation sites excluding steroid dienone is 1. The number of ether oxygens (including phenoxy) is 1. The molecule has 1 saturated carbocycles. The Morgan fingerprint density at radius 1 is 1.30 bits per heavy atom. The van der Waals surface area contributed by atoms with Gasteiger partial charge in [0.2, 0.25) is 0 Å². The van der Waals surface area contributed by atoms with Gasteiger partial charge in [-0.25, -0.2) is 0 Å². The maximum absolute atomic E-state index is 12.6. The summed E-state index contributed by atoms with van der Waals surface area (Å²) in [5, 5.41) is 7.25. The Morgan fingerprint density at radius 3 is 2.70 bits per heavy atom. The summed E-state index contributed by atoms with van der Waals surface area (Å²) in [5.74, 6) is 0.798. The number of aliphatic imine (C=N–C) groups is 1. The second kappa shape index (κ2) is 5.69. The Labute approximate surface area is 140 Å². The molecule has 1 unspecified atom stereocenters. The third-order valence-corrected chi connectivity index (χ3v) is 5.33. The molecule has 2 aliphatic heterocycles. The number of amidine groups is 1. The van der Waals surface area contributed by atoms with Crippen LogP contribution in [0.3, 0.4) is 0 Å². The van der Waals surface area contributed by atoms with Gasteiger partial charge in [-0.3, -0.25) is 9.80 Å². The minimum Gasteiger partial charge on any atom is -0.497 e. The van der Waals surface area contributed by atoms with Crippen molar-refractivity contribution in [3.8, 4) is 5.75 Å². The van der Waals surface area contributed by atoms with Crippen LogP contribution in [0.2, 0.25) is 0 Å². The molecule has 23 heavy (non-hydrogen) atoms. The quantitative estimate of drug-likeness (QED) is 0.850. The molecule has 0 N–H and O–H groups in total. The molecular formula is C17H19N3O2S. The average molecular weight is 329 g/mol. The lowest BCUT2D eigenvalue weighted by atomic mass is 10.0. The number of amides is 1. The minimum absolute atomic E-state index is 0.0328. The zero-order valence-corrected chi connectivity index (χ0v) is 14.0. The van der Waals surface area contributed by atoms with Crippen molar-refractivity contribution in [1.29, 1.82) is 0 Å². The SMILES string of the molecule is COc1ccc(CC2C(=O)N=C3SC=C(C)N3N2C2CC2)cc1. The lowest BCUT2D eigenvalue weighted by Crippen LogP contribution is -2.56. The molecule has 0 radical (unpaired) electrons. The summed E-state index contributed by atoms with van der Waals surface area (Å²) >= 11 is 1.54. The number of benzene rings is 1. The first kappa shape index (κ1) is 14.8. The fraction of sp³-hybridized carbons (Fsp3) is 0.412. The van der Waals surface area contributed by atoms with Gasteiger partial charge in [0, 0.05) is 11.7 Å². The maximum Gasteiger partial charge on any atom is 0.267 e. The smallest absolute Gasteiger partial charge is 0.267 e. The van der Waals surface area contributed by atoms with E-state index in [1.54, 1.807) is 7.11 Å². The van der Waals surface area contributed by atoms with Crippen LogP contribution in [0.5, 0.6) is 5.75 Å². The molecule has 3 aliphatic rings. The fourth-order valence-corrected chi connectivity index (χ4v) is 3.94. The third-order valence-electron chi connectivity index (χ3n) is 4.40. The lowest BCUT2D eigenvalue weighted by Gasteiger charge is -2.41. The van der Waals surface area contributed by atoms with Crippen molar-refractivity contribution in [2.75, 3.05) is 7.11 Å². The van der Waals surface area contributed by atoms with Gasteiger partial charge in [0.05, 0.1) is 7.11 Å². The highest BCUT2D eigenvalue weighted by atomic mass is 32.2. The van der Waals surface area contributed by atoms with Crippen LogP contribution in [-0.2, 0) is 11.2 Å². The van der Waals surface area contributed by atoms with Gasteiger partial charge in [0.1, 0.15) is 11.8 Å². The topological polar surface area (TPSA) is 45.1 Å². The zero-order chi connectivity index (χ0) is 16.0. The summed E-state index contributed by atoms with van der Waals surface area (Å²) in [5.41, 5.74) is 2.27. The number of nitrogens with zero attached hydrogens (tertiary/aromatic N) is 3. The maximum atomic E-state index is 12.6. The Bertz CT molecular complexity index is 694. The van der Waals surface area contributed by atoms with Crippen LogP contribution < -0.4 is 4.74 Å². The number of thioether (sulfide) groups is 1. The molecule has 4 rings (SSSR count). The van der Waals surface area contributed by atoms with Crippen LogP contribution in [0, 0.1) is 0 Å². The molecule has 0 spiro atoms. The zero-order valence-electron chi connectivity index (χ0n) is 13.2.